The molecule has 0 unspecified atom stereocenters. The number of pyridine rings is 1. The van der Waals surface area contributed by atoms with Gasteiger partial charge < -0.3 is 14.2 Å². The highest BCUT2D eigenvalue weighted by Gasteiger charge is 2.24. The van der Waals surface area contributed by atoms with E-state index in [1.165, 1.54) is 0 Å². The molecule has 116 valence electrons. The summed E-state index contributed by atoms with van der Waals surface area (Å²) >= 11 is 0. The van der Waals surface area contributed by atoms with Gasteiger partial charge in [-0.1, -0.05) is 6.07 Å². The van der Waals surface area contributed by atoms with E-state index in [-0.39, 0.29) is 12.0 Å². The van der Waals surface area contributed by atoms with E-state index in [9.17, 15) is 4.79 Å². The monoisotopic (exact) mass is 300 g/mol. The summed E-state index contributed by atoms with van der Waals surface area (Å²) in [4.78, 5) is 22.2. The summed E-state index contributed by atoms with van der Waals surface area (Å²) in [6, 6.07) is 3.90. The highest BCUT2D eigenvalue weighted by Crippen LogP contribution is 2.15. The van der Waals surface area contributed by atoms with Crippen LogP contribution in [0.3, 0.4) is 0 Å². The van der Waals surface area contributed by atoms with Crippen LogP contribution in [0.2, 0.25) is 0 Å². The second-order valence-corrected chi connectivity index (χ2v) is 5.51. The van der Waals surface area contributed by atoms with Crippen LogP contribution in [0, 0.1) is 0 Å². The van der Waals surface area contributed by atoms with Crippen molar-refractivity contribution in [2.45, 2.75) is 32.1 Å². The van der Waals surface area contributed by atoms with E-state index >= 15 is 0 Å². The van der Waals surface area contributed by atoms with E-state index in [0.29, 0.717) is 19.7 Å². The molecular weight excluding hydrogens is 280 g/mol. The van der Waals surface area contributed by atoms with Gasteiger partial charge in [0.1, 0.15) is 6.54 Å². The van der Waals surface area contributed by atoms with Gasteiger partial charge in [0.2, 0.25) is 5.91 Å². The van der Waals surface area contributed by atoms with Crippen molar-refractivity contribution < 1.29 is 9.53 Å². The van der Waals surface area contributed by atoms with Crippen molar-refractivity contribution in [3.8, 4) is 0 Å². The van der Waals surface area contributed by atoms with Crippen LogP contribution in [0.25, 0.3) is 0 Å². The lowest BCUT2D eigenvalue weighted by atomic mass is 10.1. The molecule has 1 saturated heterocycles. The minimum Gasteiger partial charge on any atom is -0.372 e. The minimum absolute atomic E-state index is 0.0979. The van der Waals surface area contributed by atoms with Gasteiger partial charge >= 0.3 is 0 Å². The quantitative estimate of drug-likeness (QED) is 0.839. The van der Waals surface area contributed by atoms with E-state index in [2.05, 4.69) is 9.97 Å². The molecule has 0 aliphatic carbocycles. The number of carbonyl (C=O) groups excluding carboxylic acids is 1. The minimum atomic E-state index is 0.0979. The van der Waals surface area contributed by atoms with Crippen LogP contribution in [0.15, 0.2) is 43.2 Å². The fourth-order valence-corrected chi connectivity index (χ4v) is 2.63. The van der Waals surface area contributed by atoms with Crippen molar-refractivity contribution in [1.29, 1.82) is 0 Å². The Hall–Kier alpha value is -2.21. The molecule has 3 heterocycles. The van der Waals surface area contributed by atoms with Crippen LogP contribution >= 0.6 is 0 Å². The van der Waals surface area contributed by atoms with Gasteiger partial charge in [-0.05, 0) is 24.5 Å². The van der Waals surface area contributed by atoms with E-state index < -0.39 is 0 Å². The van der Waals surface area contributed by atoms with Crippen LogP contribution in [-0.4, -0.2) is 44.5 Å². The van der Waals surface area contributed by atoms with E-state index in [1.54, 1.807) is 29.5 Å². The molecule has 6 heteroatoms. The molecule has 0 radical (unpaired) electrons. The Morgan fingerprint density at radius 3 is 3.09 bits per heavy atom. The Morgan fingerprint density at radius 1 is 1.36 bits per heavy atom. The van der Waals surface area contributed by atoms with Gasteiger partial charge in [-0.3, -0.25) is 9.78 Å². The Kier molecular flexibility index (Phi) is 4.80. The lowest BCUT2D eigenvalue weighted by molar-refractivity contribution is -0.136. The summed E-state index contributed by atoms with van der Waals surface area (Å²) < 4.78 is 7.73. The lowest BCUT2D eigenvalue weighted by Crippen LogP contribution is -2.44. The summed E-state index contributed by atoms with van der Waals surface area (Å²) in [5, 5.41) is 0. The molecule has 2 aromatic heterocycles. The van der Waals surface area contributed by atoms with Gasteiger partial charge in [0.25, 0.3) is 0 Å². The molecule has 0 N–H and O–H groups in total. The fraction of sp³-hybridized carbons (Fsp3) is 0.438. The topological polar surface area (TPSA) is 60.2 Å². The average molecular weight is 300 g/mol. The number of amides is 1. The number of imidazole rings is 1. The second kappa shape index (κ2) is 7.17. The molecular formula is C16H20N4O2. The van der Waals surface area contributed by atoms with Crippen molar-refractivity contribution in [2.75, 3.05) is 13.1 Å². The van der Waals surface area contributed by atoms with Crippen LogP contribution in [0.4, 0.5) is 0 Å². The zero-order valence-electron chi connectivity index (χ0n) is 12.5. The summed E-state index contributed by atoms with van der Waals surface area (Å²) in [5.74, 6) is 0.118. The normalized spacial score (nSPS) is 18.4. The maximum atomic E-state index is 12.3. The Labute approximate surface area is 129 Å². The number of rotatable bonds is 5. The van der Waals surface area contributed by atoms with E-state index in [4.69, 9.17) is 4.74 Å². The van der Waals surface area contributed by atoms with Gasteiger partial charge in [-0.2, -0.15) is 0 Å². The molecule has 22 heavy (non-hydrogen) atoms. The zero-order chi connectivity index (χ0) is 15.2. The Balaban J connectivity index is 1.49. The second-order valence-electron chi connectivity index (χ2n) is 5.51. The molecule has 1 aliphatic heterocycles. The number of likely N-dealkylation sites (tertiary alicyclic amines) is 1. The Morgan fingerprint density at radius 2 is 2.32 bits per heavy atom. The SMILES string of the molecule is O=C(Cn1ccnc1)N1CCC[C@H](OCc2cccnc2)C1. The lowest BCUT2D eigenvalue weighted by Gasteiger charge is -2.32. The largest absolute Gasteiger partial charge is 0.372 e. The van der Waals surface area contributed by atoms with Crippen molar-refractivity contribution >= 4 is 5.91 Å². The fourth-order valence-electron chi connectivity index (χ4n) is 2.63. The van der Waals surface area contributed by atoms with Crippen molar-refractivity contribution in [2.24, 2.45) is 0 Å². The molecule has 1 atom stereocenters. The molecule has 2 aromatic rings. The number of aromatic nitrogens is 3. The number of carbonyl (C=O) groups is 1. The first-order chi connectivity index (χ1) is 10.8. The van der Waals surface area contributed by atoms with Crippen LogP contribution in [0.5, 0.6) is 0 Å². The first-order valence-electron chi connectivity index (χ1n) is 7.55. The van der Waals surface area contributed by atoms with Gasteiger partial charge in [0.15, 0.2) is 0 Å². The zero-order valence-corrected chi connectivity index (χ0v) is 12.5. The average Bonchev–Trinajstić information content (AvgIpc) is 3.07. The molecule has 0 spiro atoms. The molecule has 1 aliphatic rings. The summed E-state index contributed by atoms with van der Waals surface area (Å²) in [5.41, 5.74) is 1.06. The third-order valence-electron chi connectivity index (χ3n) is 3.82. The van der Waals surface area contributed by atoms with Crippen LogP contribution in [-0.2, 0) is 22.7 Å². The smallest absolute Gasteiger partial charge is 0.242 e. The van der Waals surface area contributed by atoms with E-state index in [0.717, 1.165) is 24.9 Å². The maximum absolute atomic E-state index is 12.3. The first kappa shape index (κ1) is 14.7. The third-order valence-corrected chi connectivity index (χ3v) is 3.82. The van der Waals surface area contributed by atoms with Gasteiger partial charge in [-0.25, -0.2) is 4.98 Å². The number of ether oxygens (including phenoxy) is 1. The van der Waals surface area contributed by atoms with Crippen molar-refractivity contribution in [3.63, 3.8) is 0 Å². The maximum Gasteiger partial charge on any atom is 0.242 e. The predicted molar refractivity (Wildman–Crippen MR) is 80.9 cm³/mol. The van der Waals surface area contributed by atoms with Crippen LogP contribution in [0.1, 0.15) is 18.4 Å². The summed E-state index contributed by atoms with van der Waals surface area (Å²) in [6.45, 7) is 2.35. The standard InChI is InChI=1S/C16H20N4O2/c21-16(11-19-8-6-18-13-19)20-7-2-4-15(10-20)22-12-14-3-1-5-17-9-14/h1,3,5-6,8-9,13,15H,2,4,7,10-12H2/t15-/m0/s1. The van der Waals surface area contributed by atoms with Crippen molar-refractivity contribution in [3.05, 3.63) is 48.8 Å². The molecule has 0 aromatic carbocycles. The highest BCUT2D eigenvalue weighted by atomic mass is 16.5. The molecule has 6 nitrogen and oxygen atoms in total. The van der Waals surface area contributed by atoms with Gasteiger partial charge in [0.05, 0.1) is 19.0 Å². The van der Waals surface area contributed by atoms with Crippen LogP contribution < -0.4 is 0 Å². The molecule has 1 amide bonds. The number of hydrogen-bond acceptors (Lipinski definition) is 4. The summed E-state index contributed by atoms with van der Waals surface area (Å²) in [7, 11) is 0. The number of piperidine rings is 1. The molecule has 1 fully saturated rings. The third kappa shape index (κ3) is 3.92. The van der Waals surface area contributed by atoms with E-state index in [1.807, 2.05) is 23.2 Å². The Bertz CT molecular complexity index is 585. The first-order valence-corrected chi connectivity index (χ1v) is 7.55. The number of nitrogens with zero attached hydrogens (tertiary/aromatic N) is 4. The molecule has 3 rings (SSSR count). The molecule has 0 saturated carbocycles. The highest BCUT2D eigenvalue weighted by molar-refractivity contribution is 5.76. The molecule has 0 bridgehead atoms. The van der Waals surface area contributed by atoms with Gasteiger partial charge in [0, 0.05) is 37.9 Å². The summed E-state index contributed by atoms with van der Waals surface area (Å²) in [6.07, 6.45) is 10.8. The van der Waals surface area contributed by atoms with Crippen molar-refractivity contribution in [1.82, 2.24) is 19.4 Å². The predicted octanol–water partition coefficient (Wildman–Crippen LogP) is 1.49. The number of hydrogen-bond donors (Lipinski definition) is 0. The van der Waals surface area contributed by atoms with Gasteiger partial charge in [-0.15, -0.1) is 0 Å².